The Kier molecular flexibility index (Phi) is 2.59. The summed E-state index contributed by atoms with van der Waals surface area (Å²) in [5.74, 6) is 0.216. The largest absolute Gasteiger partial charge is 0.456 e. The van der Waals surface area contributed by atoms with Crippen LogP contribution in [0, 0.1) is 5.92 Å². The van der Waals surface area contributed by atoms with E-state index in [1.165, 1.54) is 0 Å². The number of carbonyl (C=O) groups is 1. The third-order valence-electron chi connectivity index (χ3n) is 3.80. The molecule has 0 amide bonds. The summed E-state index contributed by atoms with van der Waals surface area (Å²) >= 11 is 0. The number of hydrogen-bond donors (Lipinski definition) is 1. The van der Waals surface area contributed by atoms with Crippen molar-refractivity contribution >= 4 is 5.97 Å². The van der Waals surface area contributed by atoms with Crippen molar-refractivity contribution in [2.24, 2.45) is 5.92 Å². The maximum absolute atomic E-state index is 11.1. The Balaban J connectivity index is 2.07. The predicted molar refractivity (Wildman–Crippen MR) is 56.2 cm³/mol. The number of ether oxygens (including phenoxy) is 1. The number of esters is 1. The Morgan fingerprint density at radius 2 is 2.33 bits per heavy atom. The van der Waals surface area contributed by atoms with E-state index in [2.05, 4.69) is 6.58 Å². The zero-order chi connectivity index (χ0) is 11.1. The second kappa shape index (κ2) is 3.63. The zero-order valence-electron chi connectivity index (χ0n) is 9.16. The average Bonchev–Trinajstić information content (AvgIpc) is 2.54. The van der Waals surface area contributed by atoms with Gasteiger partial charge in [-0.1, -0.05) is 12.2 Å². The van der Waals surface area contributed by atoms with E-state index in [0.717, 1.165) is 18.4 Å². The molecule has 3 heteroatoms. The van der Waals surface area contributed by atoms with Crippen LogP contribution in [0.5, 0.6) is 0 Å². The predicted octanol–water partition coefficient (Wildman–Crippen LogP) is 1.80. The summed E-state index contributed by atoms with van der Waals surface area (Å²) in [5.41, 5.74) is 0.552. The molecule has 0 aromatic carbocycles. The smallest absolute Gasteiger partial charge is 0.306 e. The number of rotatable bonds is 1. The van der Waals surface area contributed by atoms with Gasteiger partial charge in [0.1, 0.15) is 5.60 Å². The summed E-state index contributed by atoms with van der Waals surface area (Å²) in [5, 5.41) is 10.1. The highest BCUT2D eigenvalue weighted by atomic mass is 16.6. The third-order valence-corrected chi connectivity index (χ3v) is 3.80. The summed E-state index contributed by atoms with van der Waals surface area (Å²) in [7, 11) is 0. The van der Waals surface area contributed by atoms with Crippen LogP contribution >= 0.6 is 0 Å². The minimum Gasteiger partial charge on any atom is -0.456 e. The molecule has 1 spiro atoms. The molecular weight excluding hydrogens is 192 g/mol. The third kappa shape index (κ3) is 1.81. The van der Waals surface area contributed by atoms with Crippen molar-refractivity contribution in [2.75, 3.05) is 0 Å². The first-order valence-electron chi connectivity index (χ1n) is 5.59. The minimum atomic E-state index is -0.566. The van der Waals surface area contributed by atoms with Gasteiger partial charge in [-0.05, 0) is 32.1 Å². The number of hydrogen-bond acceptors (Lipinski definition) is 3. The minimum absolute atomic E-state index is 0.164. The van der Waals surface area contributed by atoms with Gasteiger partial charge in [0.2, 0.25) is 0 Å². The molecule has 0 aromatic heterocycles. The van der Waals surface area contributed by atoms with Gasteiger partial charge in [0, 0.05) is 12.8 Å². The van der Waals surface area contributed by atoms with Crippen LogP contribution in [0.1, 0.15) is 39.0 Å². The Labute approximate surface area is 90.1 Å². The van der Waals surface area contributed by atoms with Gasteiger partial charge in [-0.3, -0.25) is 4.79 Å². The second-order valence-electron chi connectivity index (χ2n) is 4.87. The lowest BCUT2D eigenvalue weighted by Gasteiger charge is -2.40. The first kappa shape index (κ1) is 10.7. The van der Waals surface area contributed by atoms with E-state index in [0.29, 0.717) is 25.2 Å². The molecule has 3 nitrogen and oxygen atoms in total. The Hall–Kier alpha value is -0.830. The van der Waals surface area contributed by atoms with Gasteiger partial charge in [0.15, 0.2) is 0 Å². The van der Waals surface area contributed by atoms with Crippen molar-refractivity contribution in [1.29, 1.82) is 0 Å². The standard InChI is InChI=1S/C12H18O3/c1-8(2)9-3-5-12(10(13)7-9)6-4-11(14)15-12/h9-10,13H,1,3-7H2,2H3/t9-,10+,12?/m1/s1. The lowest BCUT2D eigenvalue weighted by molar-refractivity contribution is -0.165. The van der Waals surface area contributed by atoms with E-state index in [9.17, 15) is 9.90 Å². The van der Waals surface area contributed by atoms with Crippen LogP contribution in [0.25, 0.3) is 0 Å². The van der Waals surface area contributed by atoms with Gasteiger partial charge < -0.3 is 9.84 Å². The maximum Gasteiger partial charge on any atom is 0.306 e. The van der Waals surface area contributed by atoms with Crippen molar-refractivity contribution in [2.45, 2.75) is 50.7 Å². The topological polar surface area (TPSA) is 46.5 Å². The molecule has 1 saturated carbocycles. The lowest BCUT2D eigenvalue weighted by atomic mass is 9.73. The van der Waals surface area contributed by atoms with Crippen molar-refractivity contribution in [1.82, 2.24) is 0 Å². The van der Waals surface area contributed by atoms with Gasteiger partial charge >= 0.3 is 5.97 Å². The highest BCUT2D eigenvalue weighted by Gasteiger charge is 2.49. The van der Waals surface area contributed by atoms with Crippen molar-refractivity contribution in [3.05, 3.63) is 12.2 Å². The molecule has 0 aromatic rings. The Morgan fingerprint density at radius 1 is 1.60 bits per heavy atom. The number of carbonyl (C=O) groups excluding carboxylic acids is 1. The molecule has 3 atom stereocenters. The molecule has 2 aliphatic rings. The van der Waals surface area contributed by atoms with Gasteiger partial charge in [0.05, 0.1) is 6.10 Å². The van der Waals surface area contributed by atoms with Crippen LogP contribution in [-0.4, -0.2) is 22.8 Å². The van der Waals surface area contributed by atoms with Gasteiger partial charge in [-0.15, -0.1) is 0 Å². The van der Waals surface area contributed by atoms with Gasteiger partial charge in [-0.2, -0.15) is 0 Å². The number of aliphatic hydroxyl groups excluding tert-OH is 1. The molecule has 15 heavy (non-hydrogen) atoms. The molecule has 1 unspecified atom stereocenters. The molecule has 84 valence electrons. The summed E-state index contributed by atoms with van der Waals surface area (Å²) in [6, 6.07) is 0. The summed E-state index contributed by atoms with van der Waals surface area (Å²) in [4.78, 5) is 11.1. The Bertz CT molecular complexity index is 297. The molecule has 2 fully saturated rings. The highest BCUT2D eigenvalue weighted by molar-refractivity contribution is 5.72. The fourth-order valence-electron chi connectivity index (χ4n) is 2.69. The molecule has 1 saturated heterocycles. The fraction of sp³-hybridized carbons (Fsp3) is 0.750. The maximum atomic E-state index is 11.1. The van der Waals surface area contributed by atoms with Crippen LogP contribution in [0.2, 0.25) is 0 Å². The van der Waals surface area contributed by atoms with Gasteiger partial charge in [-0.25, -0.2) is 0 Å². The molecule has 2 rings (SSSR count). The summed E-state index contributed by atoms with van der Waals surface area (Å²) < 4.78 is 5.31. The summed E-state index contributed by atoms with van der Waals surface area (Å²) in [6.45, 7) is 5.92. The molecule has 1 aliphatic heterocycles. The normalized spacial score (nSPS) is 40.5. The van der Waals surface area contributed by atoms with E-state index in [4.69, 9.17) is 4.74 Å². The van der Waals surface area contributed by atoms with Crippen LogP contribution in [0.3, 0.4) is 0 Å². The first-order valence-corrected chi connectivity index (χ1v) is 5.59. The summed E-state index contributed by atoms with van der Waals surface area (Å²) in [6.07, 6.45) is 3.05. The van der Waals surface area contributed by atoms with Crippen LogP contribution in [-0.2, 0) is 9.53 Å². The van der Waals surface area contributed by atoms with Crippen LogP contribution in [0.4, 0.5) is 0 Å². The molecule has 1 N–H and O–H groups in total. The number of allylic oxidation sites excluding steroid dienone is 1. The molecule has 0 radical (unpaired) electrons. The quantitative estimate of drug-likeness (QED) is 0.530. The fourth-order valence-corrected chi connectivity index (χ4v) is 2.69. The lowest BCUT2D eigenvalue weighted by Crippen LogP contribution is -2.47. The highest BCUT2D eigenvalue weighted by Crippen LogP contribution is 2.43. The Morgan fingerprint density at radius 3 is 2.80 bits per heavy atom. The van der Waals surface area contributed by atoms with E-state index in [1.54, 1.807) is 0 Å². The molecule has 0 bridgehead atoms. The molecule has 1 aliphatic carbocycles. The van der Waals surface area contributed by atoms with E-state index in [1.807, 2.05) is 6.92 Å². The van der Waals surface area contributed by atoms with Crippen molar-refractivity contribution in [3.63, 3.8) is 0 Å². The molecule has 1 heterocycles. The first-order chi connectivity index (χ1) is 7.03. The zero-order valence-corrected chi connectivity index (χ0v) is 9.16. The monoisotopic (exact) mass is 210 g/mol. The SMILES string of the molecule is C=C(C)[C@@H]1CCC2(CCC(=O)O2)[C@@H](O)C1. The van der Waals surface area contributed by atoms with Crippen molar-refractivity contribution in [3.8, 4) is 0 Å². The van der Waals surface area contributed by atoms with E-state index >= 15 is 0 Å². The van der Waals surface area contributed by atoms with E-state index in [-0.39, 0.29) is 5.97 Å². The van der Waals surface area contributed by atoms with E-state index < -0.39 is 11.7 Å². The van der Waals surface area contributed by atoms with Crippen molar-refractivity contribution < 1.29 is 14.6 Å². The number of aliphatic hydroxyl groups is 1. The second-order valence-corrected chi connectivity index (χ2v) is 4.87. The van der Waals surface area contributed by atoms with Crippen LogP contribution in [0.15, 0.2) is 12.2 Å². The van der Waals surface area contributed by atoms with Crippen LogP contribution < -0.4 is 0 Å². The average molecular weight is 210 g/mol. The molecular formula is C12H18O3. The van der Waals surface area contributed by atoms with Gasteiger partial charge in [0.25, 0.3) is 0 Å².